The van der Waals surface area contributed by atoms with Crippen molar-refractivity contribution < 1.29 is 9.53 Å². The van der Waals surface area contributed by atoms with E-state index in [1.807, 2.05) is 32.6 Å². The van der Waals surface area contributed by atoms with Crippen LogP contribution in [-0.2, 0) is 4.74 Å². The van der Waals surface area contributed by atoms with Crippen LogP contribution in [0.2, 0.25) is 0 Å². The van der Waals surface area contributed by atoms with Crippen LogP contribution < -0.4 is 5.32 Å². The average molecular weight is 282 g/mol. The molecule has 1 saturated heterocycles. The van der Waals surface area contributed by atoms with Crippen molar-refractivity contribution in [1.29, 1.82) is 0 Å². The van der Waals surface area contributed by atoms with Gasteiger partial charge < -0.3 is 15.0 Å². The van der Waals surface area contributed by atoms with Crippen LogP contribution in [0.1, 0.15) is 54.4 Å². The predicted octanol–water partition coefficient (Wildman–Crippen LogP) is 3.33. The van der Waals surface area contributed by atoms with Crippen LogP contribution in [0.25, 0.3) is 0 Å². The summed E-state index contributed by atoms with van der Waals surface area (Å²) in [5.41, 5.74) is 0.507. The molecule has 4 heteroatoms. The van der Waals surface area contributed by atoms with Gasteiger partial charge in [-0.05, 0) is 54.4 Å². The Kier molecular flexibility index (Phi) is 5.25. The minimum absolute atomic E-state index is 0.187. The lowest BCUT2D eigenvalue weighted by atomic mass is 9.87. The highest BCUT2D eigenvalue weighted by atomic mass is 16.6. The summed E-state index contributed by atoms with van der Waals surface area (Å²) in [6.07, 6.45) is 1.68. The van der Waals surface area contributed by atoms with Crippen molar-refractivity contribution in [2.45, 2.75) is 71.6 Å². The number of likely N-dealkylation sites (tertiary alicyclic amines) is 1. The largest absolute Gasteiger partial charge is 0.444 e. The van der Waals surface area contributed by atoms with E-state index in [0.717, 1.165) is 31.5 Å². The highest BCUT2D eigenvalue weighted by Crippen LogP contribution is 2.29. The molecule has 0 saturated carbocycles. The third-order valence-corrected chi connectivity index (χ3v) is 3.48. The second kappa shape index (κ2) is 6.17. The zero-order valence-corrected chi connectivity index (χ0v) is 13.9. The van der Waals surface area contributed by atoms with Gasteiger partial charge in [0.25, 0.3) is 0 Å². The molecule has 1 aliphatic heterocycles. The first-order chi connectivity index (χ1) is 9.01. The van der Waals surface area contributed by atoms with Crippen LogP contribution in [-0.4, -0.2) is 41.3 Å². The van der Waals surface area contributed by atoms with Crippen LogP contribution >= 0.6 is 0 Å². The fourth-order valence-electron chi connectivity index (χ4n) is 2.55. The number of ether oxygens (including phenoxy) is 1. The molecular formula is C16H30N2O2. The number of carbonyl (C=O) groups is 1. The predicted molar refractivity (Wildman–Crippen MR) is 82.9 cm³/mol. The molecule has 0 aromatic carbocycles. The topological polar surface area (TPSA) is 41.6 Å². The highest BCUT2D eigenvalue weighted by molar-refractivity contribution is 5.69. The van der Waals surface area contributed by atoms with Crippen LogP contribution in [0.15, 0.2) is 12.2 Å². The van der Waals surface area contributed by atoms with Crippen molar-refractivity contribution in [2.24, 2.45) is 0 Å². The molecule has 0 spiro atoms. The molecule has 0 bridgehead atoms. The fourth-order valence-corrected chi connectivity index (χ4v) is 2.55. The zero-order valence-electron chi connectivity index (χ0n) is 13.9. The highest BCUT2D eigenvalue weighted by Gasteiger charge is 2.39. The minimum Gasteiger partial charge on any atom is -0.444 e. The smallest absolute Gasteiger partial charge is 0.410 e. The number of hydrogen-bond acceptors (Lipinski definition) is 3. The van der Waals surface area contributed by atoms with E-state index in [0.29, 0.717) is 6.04 Å². The van der Waals surface area contributed by atoms with Gasteiger partial charge >= 0.3 is 6.09 Å². The first-order valence-corrected chi connectivity index (χ1v) is 7.40. The first-order valence-electron chi connectivity index (χ1n) is 7.40. The summed E-state index contributed by atoms with van der Waals surface area (Å²) in [6.45, 7) is 17.4. The normalized spacial score (nSPS) is 22.5. The number of nitrogens with zero attached hydrogens (tertiary/aromatic N) is 1. The van der Waals surface area contributed by atoms with Gasteiger partial charge in [0.05, 0.1) is 0 Å². The Hall–Kier alpha value is -1.03. The van der Waals surface area contributed by atoms with Crippen molar-refractivity contribution in [2.75, 3.05) is 13.1 Å². The van der Waals surface area contributed by atoms with Gasteiger partial charge in [0.2, 0.25) is 0 Å². The maximum absolute atomic E-state index is 12.3. The summed E-state index contributed by atoms with van der Waals surface area (Å²) in [6, 6.07) is 0.431. The van der Waals surface area contributed by atoms with E-state index in [1.165, 1.54) is 0 Å². The van der Waals surface area contributed by atoms with Gasteiger partial charge in [-0.15, -0.1) is 0 Å². The molecule has 0 aromatic rings. The first kappa shape index (κ1) is 17.0. The third-order valence-electron chi connectivity index (χ3n) is 3.48. The molecule has 0 radical (unpaired) electrons. The monoisotopic (exact) mass is 282 g/mol. The zero-order chi connectivity index (χ0) is 15.6. The van der Waals surface area contributed by atoms with E-state index < -0.39 is 5.60 Å². The molecule has 1 unspecified atom stereocenters. The SMILES string of the molecule is C=C(C)CNC1CCN(C(=O)OC(C)(C)C)C(C)(C)C1. The Balaban J connectivity index is 2.61. The van der Waals surface area contributed by atoms with Crippen molar-refractivity contribution in [3.05, 3.63) is 12.2 Å². The second-order valence-corrected chi connectivity index (χ2v) is 7.47. The minimum atomic E-state index is -0.442. The summed E-state index contributed by atoms with van der Waals surface area (Å²) in [7, 11) is 0. The molecule has 1 N–H and O–H groups in total. The number of amides is 1. The Morgan fingerprint density at radius 3 is 2.50 bits per heavy atom. The lowest BCUT2D eigenvalue weighted by Gasteiger charge is -2.45. The lowest BCUT2D eigenvalue weighted by molar-refractivity contribution is -0.0107. The summed E-state index contributed by atoms with van der Waals surface area (Å²) in [4.78, 5) is 14.1. The van der Waals surface area contributed by atoms with Gasteiger partial charge in [-0.2, -0.15) is 0 Å². The Morgan fingerprint density at radius 1 is 1.45 bits per heavy atom. The fraction of sp³-hybridized carbons (Fsp3) is 0.812. The van der Waals surface area contributed by atoms with Crippen molar-refractivity contribution >= 4 is 6.09 Å². The summed E-state index contributed by atoms with van der Waals surface area (Å²) in [5, 5.41) is 3.51. The maximum atomic E-state index is 12.3. The quantitative estimate of drug-likeness (QED) is 0.807. The number of hydrogen-bond donors (Lipinski definition) is 1. The molecule has 1 atom stereocenters. The average Bonchev–Trinajstić information content (AvgIpc) is 2.22. The molecule has 116 valence electrons. The molecule has 0 aliphatic carbocycles. The van der Waals surface area contributed by atoms with Gasteiger partial charge in [0, 0.05) is 24.7 Å². The summed E-state index contributed by atoms with van der Waals surface area (Å²) in [5.74, 6) is 0. The van der Waals surface area contributed by atoms with Gasteiger partial charge in [-0.1, -0.05) is 12.2 Å². The molecule has 1 fully saturated rings. The van der Waals surface area contributed by atoms with Crippen molar-refractivity contribution in [3.8, 4) is 0 Å². The number of rotatable bonds is 3. The van der Waals surface area contributed by atoms with Crippen LogP contribution in [0.4, 0.5) is 4.79 Å². The van der Waals surface area contributed by atoms with Crippen LogP contribution in [0, 0.1) is 0 Å². The van der Waals surface area contributed by atoms with E-state index in [1.54, 1.807) is 0 Å². The van der Waals surface area contributed by atoms with Gasteiger partial charge in [0.15, 0.2) is 0 Å². The Bertz CT molecular complexity index is 369. The number of carbonyl (C=O) groups excluding carboxylic acids is 1. The van der Waals surface area contributed by atoms with E-state index >= 15 is 0 Å². The lowest BCUT2D eigenvalue weighted by Crippen LogP contribution is -2.57. The molecule has 4 nitrogen and oxygen atoms in total. The molecule has 1 heterocycles. The summed E-state index contributed by atoms with van der Waals surface area (Å²) < 4.78 is 5.50. The molecule has 1 amide bonds. The number of nitrogens with one attached hydrogen (secondary N) is 1. The van der Waals surface area contributed by atoms with Gasteiger partial charge in [-0.25, -0.2) is 4.79 Å². The second-order valence-electron chi connectivity index (χ2n) is 7.47. The standard InChI is InChI=1S/C16H30N2O2/c1-12(2)11-17-13-8-9-18(16(6,7)10-13)14(19)20-15(3,4)5/h13,17H,1,8-11H2,2-7H3. The molecule has 0 aromatic heterocycles. The molecular weight excluding hydrogens is 252 g/mol. The van der Waals surface area contributed by atoms with E-state index in [4.69, 9.17) is 4.74 Å². The van der Waals surface area contributed by atoms with Crippen LogP contribution in [0.3, 0.4) is 0 Å². The molecule has 1 rings (SSSR count). The van der Waals surface area contributed by atoms with E-state index in [2.05, 4.69) is 25.7 Å². The maximum Gasteiger partial charge on any atom is 0.410 e. The van der Waals surface area contributed by atoms with Crippen LogP contribution in [0.5, 0.6) is 0 Å². The van der Waals surface area contributed by atoms with Crippen molar-refractivity contribution in [1.82, 2.24) is 10.2 Å². The Labute approximate surface area is 123 Å². The summed E-state index contributed by atoms with van der Waals surface area (Å²) >= 11 is 0. The van der Waals surface area contributed by atoms with E-state index in [-0.39, 0.29) is 11.6 Å². The molecule has 20 heavy (non-hydrogen) atoms. The number of piperidine rings is 1. The molecule has 1 aliphatic rings. The van der Waals surface area contributed by atoms with Gasteiger partial charge in [0.1, 0.15) is 5.60 Å². The van der Waals surface area contributed by atoms with Crippen molar-refractivity contribution in [3.63, 3.8) is 0 Å². The third kappa shape index (κ3) is 5.16. The van der Waals surface area contributed by atoms with Gasteiger partial charge in [-0.3, -0.25) is 0 Å². The van der Waals surface area contributed by atoms with E-state index in [9.17, 15) is 4.79 Å². The Morgan fingerprint density at radius 2 is 2.05 bits per heavy atom.